The second-order valence-electron chi connectivity index (χ2n) is 6.80. The third kappa shape index (κ3) is 4.97. The Bertz CT molecular complexity index is 878. The van der Waals surface area contributed by atoms with Crippen LogP contribution in [0.2, 0.25) is 0 Å². The molecular formula is C20H26N2O4S. The van der Waals surface area contributed by atoms with Crippen molar-refractivity contribution in [1.82, 2.24) is 4.57 Å². The van der Waals surface area contributed by atoms with Gasteiger partial charge in [-0.3, -0.25) is 9.59 Å². The van der Waals surface area contributed by atoms with Gasteiger partial charge in [-0.2, -0.15) is 4.99 Å². The number of carbonyl (C=O) groups is 2. The monoisotopic (exact) mass is 390 g/mol. The Balaban J connectivity index is 1.88. The average molecular weight is 391 g/mol. The standard InChI is InChI=1S/C20H26N2O4S/c1-3-26-19(24)13-22-16-10-9-15(25-2)12-17(16)27-20(22)21-18(23)11-8-14-6-4-5-7-14/h9-10,12,14H,3-8,11,13H2,1-2H3. The summed E-state index contributed by atoms with van der Waals surface area (Å²) in [5.41, 5.74) is 0.844. The Kier molecular flexibility index (Phi) is 6.66. The van der Waals surface area contributed by atoms with E-state index in [0.717, 1.165) is 22.4 Å². The minimum Gasteiger partial charge on any atom is -0.497 e. The molecule has 6 nitrogen and oxygen atoms in total. The first-order chi connectivity index (χ1) is 13.1. The average Bonchev–Trinajstić information content (AvgIpc) is 3.28. The van der Waals surface area contributed by atoms with Crippen molar-refractivity contribution < 1.29 is 19.1 Å². The largest absolute Gasteiger partial charge is 0.497 e. The van der Waals surface area contributed by atoms with E-state index in [1.165, 1.54) is 37.0 Å². The summed E-state index contributed by atoms with van der Waals surface area (Å²) in [7, 11) is 1.61. The molecule has 1 aromatic heterocycles. The number of thiazole rings is 1. The van der Waals surface area contributed by atoms with Crippen LogP contribution in [0.15, 0.2) is 23.2 Å². The SMILES string of the molecule is CCOC(=O)Cn1c(=NC(=O)CCC2CCCC2)sc2cc(OC)ccc21. The van der Waals surface area contributed by atoms with Gasteiger partial charge in [0.05, 0.1) is 23.9 Å². The van der Waals surface area contributed by atoms with Crippen molar-refractivity contribution in [2.75, 3.05) is 13.7 Å². The zero-order chi connectivity index (χ0) is 19.2. The van der Waals surface area contributed by atoms with Gasteiger partial charge in [-0.05, 0) is 37.5 Å². The summed E-state index contributed by atoms with van der Waals surface area (Å²) in [6.45, 7) is 2.13. The van der Waals surface area contributed by atoms with Gasteiger partial charge in [0.15, 0.2) is 4.80 Å². The first-order valence-electron chi connectivity index (χ1n) is 9.51. The summed E-state index contributed by atoms with van der Waals surface area (Å²) in [6.07, 6.45) is 6.35. The van der Waals surface area contributed by atoms with Gasteiger partial charge in [0.1, 0.15) is 12.3 Å². The van der Waals surface area contributed by atoms with Crippen molar-refractivity contribution in [3.8, 4) is 5.75 Å². The van der Waals surface area contributed by atoms with Gasteiger partial charge in [0.25, 0.3) is 0 Å². The maximum Gasteiger partial charge on any atom is 0.326 e. The van der Waals surface area contributed by atoms with Crippen LogP contribution < -0.4 is 9.54 Å². The molecule has 1 aliphatic rings. The fourth-order valence-corrected chi connectivity index (χ4v) is 4.62. The number of aromatic nitrogens is 1. The molecule has 0 saturated heterocycles. The summed E-state index contributed by atoms with van der Waals surface area (Å²) in [5.74, 6) is 0.916. The van der Waals surface area contributed by atoms with Gasteiger partial charge < -0.3 is 14.0 Å². The number of fused-ring (bicyclic) bond motifs is 1. The smallest absolute Gasteiger partial charge is 0.326 e. The third-order valence-electron chi connectivity index (χ3n) is 4.94. The Morgan fingerprint density at radius 3 is 2.78 bits per heavy atom. The minimum atomic E-state index is -0.340. The number of hydrogen-bond donors (Lipinski definition) is 0. The summed E-state index contributed by atoms with van der Waals surface area (Å²) in [6, 6.07) is 5.61. The summed E-state index contributed by atoms with van der Waals surface area (Å²) >= 11 is 1.39. The van der Waals surface area contributed by atoms with Crippen LogP contribution in [-0.2, 0) is 20.9 Å². The Hall–Kier alpha value is -2.15. The van der Waals surface area contributed by atoms with Gasteiger partial charge in [-0.1, -0.05) is 37.0 Å². The fourth-order valence-electron chi connectivity index (χ4n) is 3.54. The molecular weight excluding hydrogens is 364 g/mol. The molecule has 2 aromatic rings. The van der Waals surface area contributed by atoms with Crippen LogP contribution in [-0.4, -0.2) is 30.2 Å². The molecule has 1 fully saturated rings. The van der Waals surface area contributed by atoms with Crippen LogP contribution in [0.3, 0.4) is 0 Å². The summed E-state index contributed by atoms with van der Waals surface area (Å²) in [4.78, 5) is 29.3. The number of esters is 1. The number of benzene rings is 1. The van der Waals surface area contributed by atoms with Crippen LogP contribution in [0.5, 0.6) is 5.75 Å². The normalized spacial score (nSPS) is 15.4. The number of rotatable bonds is 7. The molecule has 7 heteroatoms. The van der Waals surface area contributed by atoms with Crippen molar-refractivity contribution in [3.63, 3.8) is 0 Å². The molecule has 0 radical (unpaired) electrons. The molecule has 1 aliphatic carbocycles. The van der Waals surface area contributed by atoms with Crippen LogP contribution in [0.4, 0.5) is 0 Å². The molecule has 1 aromatic carbocycles. The van der Waals surface area contributed by atoms with E-state index in [4.69, 9.17) is 9.47 Å². The highest BCUT2D eigenvalue weighted by atomic mass is 32.1. The highest BCUT2D eigenvalue weighted by molar-refractivity contribution is 7.16. The van der Waals surface area contributed by atoms with Crippen molar-refractivity contribution >= 4 is 33.4 Å². The first kappa shape index (κ1) is 19.6. The molecule has 0 unspecified atom stereocenters. The fraction of sp³-hybridized carbons (Fsp3) is 0.550. The zero-order valence-corrected chi connectivity index (χ0v) is 16.7. The van der Waals surface area contributed by atoms with Crippen LogP contribution in [0.25, 0.3) is 10.2 Å². The molecule has 0 bridgehead atoms. The van der Waals surface area contributed by atoms with Gasteiger partial charge >= 0.3 is 5.97 Å². The van der Waals surface area contributed by atoms with Gasteiger partial charge in [0.2, 0.25) is 5.91 Å². The lowest BCUT2D eigenvalue weighted by atomic mass is 10.0. The lowest BCUT2D eigenvalue weighted by Crippen LogP contribution is -2.23. The molecule has 1 saturated carbocycles. The molecule has 0 atom stereocenters. The summed E-state index contributed by atoms with van der Waals surface area (Å²) in [5, 5.41) is 0. The number of ether oxygens (including phenoxy) is 2. The second kappa shape index (κ2) is 9.17. The van der Waals surface area contributed by atoms with E-state index < -0.39 is 0 Å². The van der Waals surface area contributed by atoms with E-state index in [0.29, 0.717) is 23.7 Å². The highest BCUT2D eigenvalue weighted by Gasteiger charge is 2.17. The Labute approximate surface area is 162 Å². The van der Waals surface area contributed by atoms with Crippen molar-refractivity contribution in [2.24, 2.45) is 10.9 Å². The Morgan fingerprint density at radius 1 is 1.30 bits per heavy atom. The van der Waals surface area contributed by atoms with Crippen LogP contribution in [0, 0.1) is 5.92 Å². The maximum absolute atomic E-state index is 12.4. The molecule has 3 rings (SSSR count). The van der Waals surface area contributed by atoms with E-state index in [-0.39, 0.29) is 18.4 Å². The molecule has 27 heavy (non-hydrogen) atoms. The van der Waals surface area contributed by atoms with E-state index >= 15 is 0 Å². The lowest BCUT2D eigenvalue weighted by molar-refractivity contribution is -0.143. The maximum atomic E-state index is 12.4. The van der Waals surface area contributed by atoms with Gasteiger partial charge in [-0.15, -0.1) is 0 Å². The molecule has 0 spiro atoms. The van der Waals surface area contributed by atoms with Crippen molar-refractivity contribution in [1.29, 1.82) is 0 Å². The second-order valence-corrected chi connectivity index (χ2v) is 7.81. The van der Waals surface area contributed by atoms with E-state index in [1.807, 2.05) is 18.2 Å². The Morgan fingerprint density at radius 2 is 2.07 bits per heavy atom. The number of carbonyl (C=O) groups excluding carboxylic acids is 2. The quantitative estimate of drug-likeness (QED) is 0.677. The summed E-state index contributed by atoms with van der Waals surface area (Å²) < 4.78 is 13.0. The number of amides is 1. The molecule has 1 amide bonds. The number of nitrogens with zero attached hydrogens (tertiary/aromatic N) is 2. The van der Waals surface area contributed by atoms with E-state index in [1.54, 1.807) is 18.6 Å². The van der Waals surface area contributed by atoms with Crippen molar-refractivity contribution in [3.05, 3.63) is 23.0 Å². The number of methoxy groups -OCH3 is 1. The predicted octanol–water partition coefficient (Wildman–Crippen LogP) is 3.67. The molecule has 1 heterocycles. The van der Waals surface area contributed by atoms with Crippen LogP contribution in [0.1, 0.15) is 45.4 Å². The van der Waals surface area contributed by atoms with Crippen LogP contribution >= 0.6 is 11.3 Å². The molecule has 0 N–H and O–H groups in total. The first-order valence-corrected chi connectivity index (χ1v) is 10.3. The topological polar surface area (TPSA) is 69.9 Å². The van der Waals surface area contributed by atoms with Crippen molar-refractivity contribution in [2.45, 2.75) is 52.0 Å². The van der Waals surface area contributed by atoms with E-state index in [2.05, 4.69) is 4.99 Å². The minimum absolute atomic E-state index is 0.0366. The lowest BCUT2D eigenvalue weighted by Gasteiger charge is -2.06. The molecule has 146 valence electrons. The van der Waals surface area contributed by atoms with Gasteiger partial charge in [-0.25, -0.2) is 0 Å². The van der Waals surface area contributed by atoms with E-state index in [9.17, 15) is 9.59 Å². The molecule has 0 aliphatic heterocycles. The third-order valence-corrected chi connectivity index (χ3v) is 5.99. The zero-order valence-electron chi connectivity index (χ0n) is 15.9. The number of hydrogen-bond acceptors (Lipinski definition) is 5. The van der Waals surface area contributed by atoms with Gasteiger partial charge in [0, 0.05) is 6.42 Å². The predicted molar refractivity (Wildman–Crippen MR) is 105 cm³/mol. The highest BCUT2D eigenvalue weighted by Crippen LogP contribution is 2.28.